The number of carboxylic acids is 2. The lowest BCUT2D eigenvalue weighted by molar-refractivity contribution is -0.147. The van der Waals surface area contributed by atoms with E-state index in [-0.39, 0.29) is 5.92 Å². The van der Waals surface area contributed by atoms with Gasteiger partial charge in [0, 0.05) is 0 Å². The van der Waals surface area contributed by atoms with Crippen LogP contribution in [-0.4, -0.2) is 69.9 Å². The predicted octanol–water partition coefficient (Wildman–Crippen LogP) is -2.73. The van der Waals surface area contributed by atoms with Crippen LogP contribution in [0.4, 0.5) is 0 Å². The minimum absolute atomic E-state index is 0.372. The van der Waals surface area contributed by atoms with Crippen LogP contribution < -0.4 is 27.4 Å². The minimum Gasteiger partial charge on any atom is -0.481 e. The zero-order chi connectivity index (χ0) is 23.6. The zero-order valence-electron chi connectivity index (χ0n) is 17.0. The van der Waals surface area contributed by atoms with Crippen LogP contribution in [0.5, 0.6) is 0 Å². The largest absolute Gasteiger partial charge is 0.481 e. The van der Waals surface area contributed by atoms with Crippen molar-refractivity contribution in [3.8, 4) is 0 Å². The monoisotopic (exact) mass is 431 g/mol. The smallest absolute Gasteiger partial charge is 0.326 e. The van der Waals surface area contributed by atoms with Crippen molar-refractivity contribution in [3.63, 3.8) is 0 Å². The summed E-state index contributed by atoms with van der Waals surface area (Å²) in [6, 6.07) is -5.25. The average Bonchev–Trinajstić information content (AvgIpc) is 2.63. The molecule has 0 aromatic rings. The lowest BCUT2D eigenvalue weighted by Crippen LogP contribution is -2.58. The Morgan fingerprint density at radius 3 is 1.87 bits per heavy atom. The Morgan fingerprint density at radius 2 is 1.43 bits per heavy atom. The fourth-order valence-electron chi connectivity index (χ4n) is 2.31. The fourth-order valence-corrected chi connectivity index (χ4v) is 2.31. The molecule has 170 valence electrons. The second kappa shape index (κ2) is 12.4. The summed E-state index contributed by atoms with van der Waals surface area (Å²) in [4.78, 5) is 69.5. The van der Waals surface area contributed by atoms with Gasteiger partial charge < -0.3 is 37.6 Å². The number of carbonyl (C=O) groups is 6. The predicted molar refractivity (Wildman–Crippen MR) is 103 cm³/mol. The van der Waals surface area contributed by atoms with E-state index in [2.05, 4.69) is 10.6 Å². The standard InChI is InChI=1S/C17H29N5O8/c1-4-7(2)13(22-15(27)9(18)5-11(19)23)16(28)20-8(3)14(26)21-10(17(29)30)6-12(24)25/h7-10,13H,4-6,18H2,1-3H3,(H2,19,23)(H,20,28)(H,21,26)(H,22,27)(H,24,25)(H,29,30). The molecular formula is C17H29N5O8. The maximum absolute atomic E-state index is 12.6. The SMILES string of the molecule is CCC(C)C(NC(=O)C(N)CC(N)=O)C(=O)NC(C)C(=O)NC(CC(=O)O)C(=O)O. The van der Waals surface area contributed by atoms with Crippen LogP contribution in [0, 0.1) is 5.92 Å². The summed E-state index contributed by atoms with van der Waals surface area (Å²) in [6.07, 6.45) is -0.783. The highest BCUT2D eigenvalue weighted by Gasteiger charge is 2.31. The third-order valence-corrected chi connectivity index (χ3v) is 4.30. The van der Waals surface area contributed by atoms with E-state index in [0.29, 0.717) is 6.42 Å². The average molecular weight is 431 g/mol. The van der Waals surface area contributed by atoms with Crippen LogP contribution in [0.1, 0.15) is 40.0 Å². The van der Waals surface area contributed by atoms with Gasteiger partial charge in [0.25, 0.3) is 0 Å². The van der Waals surface area contributed by atoms with Crippen molar-refractivity contribution >= 4 is 35.6 Å². The van der Waals surface area contributed by atoms with E-state index < -0.39 is 72.6 Å². The maximum atomic E-state index is 12.6. The summed E-state index contributed by atoms with van der Waals surface area (Å²) in [5, 5.41) is 24.5. The van der Waals surface area contributed by atoms with E-state index in [1.165, 1.54) is 6.92 Å². The molecule has 0 saturated heterocycles. The van der Waals surface area contributed by atoms with Gasteiger partial charge in [-0.05, 0) is 12.8 Å². The van der Waals surface area contributed by atoms with Crippen molar-refractivity contribution in [2.24, 2.45) is 17.4 Å². The molecule has 5 atom stereocenters. The van der Waals surface area contributed by atoms with Crippen molar-refractivity contribution < 1.29 is 39.0 Å². The molecule has 13 heteroatoms. The summed E-state index contributed by atoms with van der Waals surface area (Å²) < 4.78 is 0. The van der Waals surface area contributed by atoms with Crippen molar-refractivity contribution in [3.05, 3.63) is 0 Å². The molecule has 0 radical (unpaired) electrons. The first-order valence-electron chi connectivity index (χ1n) is 9.19. The van der Waals surface area contributed by atoms with Crippen LogP contribution in [0.3, 0.4) is 0 Å². The van der Waals surface area contributed by atoms with E-state index in [4.69, 9.17) is 21.7 Å². The number of carbonyl (C=O) groups excluding carboxylic acids is 4. The molecule has 0 aliphatic rings. The summed E-state index contributed by atoms with van der Waals surface area (Å²) in [7, 11) is 0. The first-order valence-corrected chi connectivity index (χ1v) is 9.19. The van der Waals surface area contributed by atoms with Gasteiger partial charge in [0.1, 0.15) is 18.1 Å². The van der Waals surface area contributed by atoms with E-state index in [1.54, 1.807) is 13.8 Å². The van der Waals surface area contributed by atoms with Gasteiger partial charge in [-0.25, -0.2) is 4.79 Å². The molecule has 9 N–H and O–H groups in total. The third kappa shape index (κ3) is 9.32. The van der Waals surface area contributed by atoms with Gasteiger partial charge >= 0.3 is 11.9 Å². The van der Waals surface area contributed by atoms with Gasteiger partial charge in [0.2, 0.25) is 23.6 Å². The van der Waals surface area contributed by atoms with E-state index in [1.807, 2.05) is 5.32 Å². The summed E-state index contributed by atoms with van der Waals surface area (Å²) >= 11 is 0. The van der Waals surface area contributed by atoms with Crippen LogP contribution >= 0.6 is 0 Å². The molecule has 4 amide bonds. The topological polar surface area (TPSA) is 231 Å². The van der Waals surface area contributed by atoms with E-state index in [0.717, 1.165) is 0 Å². The molecule has 0 aliphatic heterocycles. The number of hydrogen-bond acceptors (Lipinski definition) is 7. The molecule has 0 heterocycles. The quantitative estimate of drug-likeness (QED) is 0.160. The first kappa shape index (κ1) is 26.8. The highest BCUT2D eigenvalue weighted by molar-refractivity contribution is 5.95. The first-order chi connectivity index (χ1) is 13.8. The Morgan fingerprint density at radius 1 is 0.867 bits per heavy atom. The molecule has 5 unspecified atom stereocenters. The molecule has 0 saturated carbocycles. The lowest BCUT2D eigenvalue weighted by Gasteiger charge is -2.26. The summed E-state index contributed by atoms with van der Waals surface area (Å²) in [5.41, 5.74) is 10.6. The number of nitrogens with one attached hydrogen (secondary N) is 3. The summed E-state index contributed by atoms with van der Waals surface area (Å²) in [6.45, 7) is 4.70. The van der Waals surface area contributed by atoms with Gasteiger partial charge in [-0.1, -0.05) is 20.3 Å². The maximum Gasteiger partial charge on any atom is 0.326 e. The van der Waals surface area contributed by atoms with Gasteiger partial charge in [0.15, 0.2) is 0 Å². The Kier molecular flexibility index (Phi) is 11.0. The Bertz CT molecular complexity index is 683. The van der Waals surface area contributed by atoms with Gasteiger partial charge in [0.05, 0.1) is 18.9 Å². The van der Waals surface area contributed by atoms with E-state index >= 15 is 0 Å². The van der Waals surface area contributed by atoms with Crippen molar-refractivity contribution in [1.82, 2.24) is 16.0 Å². The zero-order valence-corrected chi connectivity index (χ0v) is 17.0. The molecule has 0 fully saturated rings. The number of hydrogen-bond donors (Lipinski definition) is 7. The van der Waals surface area contributed by atoms with Gasteiger partial charge in [-0.3, -0.25) is 24.0 Å². The minimum atomic E-state index is -1.67. The third-order valence-electron chi connectivity index (χ3n) is 4.30. The van der Waals surface area contributed by atoms with Crippen LogP contribution in [-0.2, 0) is 28.8 Å². The second-order valence-corrected chi connectivity index (χ2v) is 6.88. The number of primary amides is 1. The highest BCUT2D eigenvalue weighted by Crippen LogP contribution is 2.09. The van der Waals surface area contributed by atoms with Crippen molar-refractivity contribution in [1.29, 1.82) is 0 Å². The van der Waals surface area contributed by atoms with Gasteiger partial charge in [-0.2, -0.15) is 0 Å². The molecule has 0 rings (SSSR count). The Hall–Kier alpha value is -3.22. The second-order valence-electron chi connectivity index (χ2n) is 6.88. The van der Waals surface area contributed by atoms with Crippen molar-refractivity contribution in [2.45, 2.75) is 64.2 Å². The Labute approximate surface area is 172 Å². The molecule has 30 heavy (non-hydrogen) atoms. The van der Waals surface area contributed by atoms with Crippen molar-refractivity contribution in [2.75, 3.05) is 0 Å². The molecular weight excluding hydrogens is 402 g/mol. The molecule has 13 nitrogen and oxygen atoms in total. The molecule has 0 aromatic carbocycles. The summed E-state index contributed by atoms with van der Waals surface area (Å²) in [5.74, 6) is -6.57. The fraction of sp³-hybridized carbons (Fsp3) is 0.647. The van der Waals surface area contributed by atoms with Crippen LogP contribution in [0.2, 0.25) is 0 Å². The normalized spacial score (nSPS) is 15.6. The van der Waals surface area contributed by atoms with Gasteiger partial charge in [-0.15, -0.1) is 0 Å². The number of rotatable bonds is 13. The lowest BCUT2D eigenvalue weighted by atomic mass is 9.97. The molecule has 0 spiro atoms. The molecule has 0 aliphatic carbocycles. The number of carboxylic acid groups (broad SMARTS) is 2. The number of nitrogens with two attached hydrogens (primary N) is 2. The Balaban J connectivity index is 5.15. The number of aliphatic carboxylic acids is 2. The van der Waals surface area contributed by atoms with Crippen LogP contribution in [0.15, 0.2) is 0 Å². The molecule has 0 bridgehead atoms. The van der Waals surface area contributed by atoms with Crippen LogP contribution in [0.25, 0.3) is 0 Å². The number of amides is 4. The highest BCUT2D eigenvalue weighted by atomic mass is 16.4. The molecule has 0 aromatic heterocycles. The van der Waals surface area contributed by atoms with E-state index in [9.17, 15) is 28.8 Å².